The molecule has 0 aromatic heterocycles. The fourth-order valence-electron chi connectivity index (χ4n) is 2.55. The maximum absolute atomic E-state index is 11.7. The number of hydrogen-bond acceptors (Lipinski definition) is 4. The van der Waals surface area contributed by atoms with Gasteiger partial charge in [-0.1, -0.05) is 6.92 Å². The summed E-state index contributed by atoms with van der Waals surface area (Å²) in [6, 6.07) is 0. The molecule has 1 amide bonds. The van der Waals surface area contributed by atoms with Gasteiger partial charge in [-0.3, -0.25) is 9.80 Å². The molecule has 1 N–H and O–H groups in total. The van der Waals surface area contributed by atoms with Crippen LogP contribution in [0.3, 0.4) is 0 Å². The number of likely N-dealkylation sites (tertiary alicyclic amines) is 1. The van der Waals surface area contributed by atoms with Gasteiger partial charge >= 0.3 is 12.1 Å². The molecule has 0 spiro atoms. The fourth-order valence-corrected chi connectivity index (χ4v) is 2.55. The summed E-state index contributed by atoms with van der Waals surface area (Å²) in [7, 11) is 0. The van der Waals surface area contributed by atoms with Crippen molar-refractivity contribution in [3.63, 3.8) is 0 Å². The zero-order chi connectivity index (χ0) is 12.4. The summed E-state index contributed by atoms with van der Waals surface area (Å²) in [6.07, 6.45) is 1.60. The SMILES string of the molecule is CCN1CCCCC1N1C[C@H](C(=O)O)OC1=O. The van der Waals surface area contributed by atoms with Crippen molar-refractivity contribution in [1.29, 1.82) is 0 Å². The van der Waals surface area contributed by atoms with Crippen LogP contribution in [0, 0.1) is 0 Å². The van der Waals surface area contributed by atoms with Crippen molar-refractivity contribution in [1.82, 2.24) is 9.80 Å². The second-order valence-electron chi connectivity index (χ2n) is 4.47. The molecular weight excluding hydrogens is 224 g/mol. The quantitative estimate of drug-likeness (QED) is 0.789. The van der Waals surface area contributed by atoms with E-state index in [1.54, 1.807) is 4.90 Å². The van der Waals surface area contributed by atoms with E-state index in [1.165, 1.54) is 0 Å². The lowest BCUT2D eigenvalue weighted by molar-refractivity contribution is -0.144. The Hall–Kier alpha value is -1.30. The van der Waals surface area contributed by atoms with Crippen molar-refractivity contribution < 1.29 is 19.4 Å². The van der Waals surface area contributed by atoms with Gasteiger partial charge in [-0.2, -0.15) is 0 Å². The van der Waals surface area contributed by atoms with E-state index >= 15 is 0 Å². The molecule has 0 saturated carbocycles. The van der Waals surface area contributed by atoms with Crippen molar-refractivity contribution in [2.75, 3.05) is 19.6 Å². The van der Waals surface area contributed by atoms with Crippen LogP contribution in [0.25, 0.3) is 0 Å². The van der Waals surface area contributed by atoms with E-state index in [4.69, 9.17) is 9.84 Å². The van der Waals surface area contributed by atoms with Crippen LogP contribution in [-0.4, -0.2) is 58.9 Å². The lowest BCUT2D eigenvalue weighted by Crippen LogP contribution is -2.51. The van der Waals surface area contributed by atoms with E-state index in [2.05, 4.69) is 11.8 Å². The second kappa shape index (κ2) is 4.91. The highest BCUT2D eigenvalue weighted by Gasteiger charge is 2.41. The first-order chi connectivity index (χ1) is 8.13. The molecular formula is C11H18N2O4. The highest BCUT2D eigenvalue weighted by molar-refractivity contribution is 5.81. The molecule has 2 rings (SSSR count). The number of carboxylic acids is 1. The molecule has 6 nitrogen and oxygen atoms in total. The summed E-state index contributed by atoms with van der Waals surface area (Å²) >= 11 is 0. The van der Waals surface area contributed by atoms with Gasteiger partial charge in [0.05, 0.1) is 12.7 Å². The summed E-state index contributed by atoms with van der Waals surface area (Å²) in [5.41, 5.74) is 0. The Kier molecular flexibility index (Phi) is 3.51. The van der Waals surface area contributed by atoms with Crippen LogP contribution in [0.5, 0.6) is 0 Å². The minimum Gasteiger partial charge on any atom is -0.478 e. The number of carbonyl (C=O) groups is 2. The Morgan fingerprint density at radius 2 is 2.29 bits per heavy atom. The molecule has 6 heteroatoms. The standard InChI is InChI=1S/C11H18N2O4/c1-2-12-6-4-3-5-9(12)13-7-8(10(14)15)17-11(13)16/h8-9H,2-7H2,1H3,(H,14,15)/t8-,9?/m1/s1. The van der Waals surface area contributed by atoms with Crippen LogP contribution in [0.15, 0.2) is 0 Å². The third-order valence-corrected chi connectivity index (χ3v) is 3.46. The van der Waals surface area contributed by atoms with Gasteiger partial charge < -0.3 is 9.84 Å². The van der Waals surface area contributed by atoms with Gasteiger partial charge in [-0.25, -0.2) is 9.59 Å². The Morgan fingerprint density at radius 3 is 2.88 bits per heavy atom. The summed E-state index contributed by atoms with van der Waals surface area (Å²) in [5.74, 6) is -1.07. The maximum atomic E-state index is 11.7. The molecule has 17 heavy (non-hydrogen) atoms. The van der Waals surface area contributed by atoms with Gasteiger partial charge in [-0.15, -0.1) is 0 Å². The molecule has 0 aromatic rings. The molecule has 2 saturated heterocycles. The van der Waals surface area contributed by atoms with Gasteiger partial charge in [0.15, 0.2) is 0 Å². The molecule has 96 valence electrons. The van der Waals surface area contributed by atoms with E-state index in [0.29, 0.717) is 0 Å². The van der Waals surface area contributed by atoms with Crippen LogP contribution in [-0.2, 0) is 9.53 Å². The topological polar surface area (TPSA) is 70.1 Å². The molecule has 0 aliphatic carbocycles. The fraction of sp³-hybridized carbons (Fsp3) is 0.818. The van der Waals surface area contributed by atoms with Crippen LogP contribution < -0.4 is 0 Å². The van der Waals surface area contributed by atoms with Crippen molar-refractivity contribution in [2.45, 2.75) is 38.5 Å². The maximum Gasteiger partial charge on any atom is 0.412 e. The third-order valence-electron chi connectivity index (χ3n) is 3.46. The number of ether oxygens (including phenoxy) is 1. The number of carbonyl (C=O) groups excluding carboxylic acids is 1. The smallest absolute Gasteiger partial charge is 0.412 e. The van der Waals surface area contributed by atoms with Crippen LogP contribution >= 0.6 is 0 Å². The highest BCUT2D eigenvalue weighted by Crippen LogP contribution is 2.24. The summed E-state index contributed by atoms with van der Waals surface area (Å²) in [6.45, 7) is 4.04. The first kappa shape index (κ1) is 12.2. The van der Waals surface area contributed by atoms with Crippen LogP contribution in [0.2, 0.25) is 0 Å². The average molecular weight is 242 g/mol. The molecule has 0 aromatic carbocycles. The number of cyclic esters (lactones) is 1. The zero-order valence-corrected chi connectivity index (χ0v) is 9.96. The number of nitrogens with zero attached hydrogens (tertiary/aromatic N) is 2. The van der Waals surface area contributed by atoms with E-state index in [0.717, 1.165) is 32.4 Å². The summed E-state index contributed by atoms with van der Waals surface area (Å²) < 4.78 is 4.84. The van der Waals surface area contributed by atoms with Gasteiger partial charge in [0, 0.05) is 6.54 Å². The molecule has 0 bridgehead atoms. The van der Waals surface area contributed by atoms with Crippen molar-refractivity contribution >= 4 is 12.1 Å². The normalized spacial score (nSPS) is 30.4. The predicted octanol–water partition coefficient (Wildman–Crippen LogP) is 0.724. The van der Waals surface area contributed by atoms with Gasteiger partial charge in [0.1, 0.15) is 0 Å². The first-order valence-corrected chi connectivity index (χ1v) is 6.07. The Balaban J connectivity index is 2.05. The minimum absolute atomic E-state index is 0.00519. The van der Waals surface area contributed by atoms with Gasteiger partial charge in [0.25, 0.3) is 0 Å². The first-order valence-electron chi connectivity index (χ1n) is 6.07. The molecule has 2 fully saturated rings. The number of amides is 1. The van der Waals surface area contributed by atoms with Crippen molar-refractivity contribution in [3.8, 4) is 0 Å². The van der Waals surface area contributed by atoms with E-state index in [9.17, 15) is 9.59 Å². The number of rotatable bonds is 3. The summed E-state index contributed by atoms with van der Waals surface area (Å²) in [5, 5.41) is 8.85. The van der Waals surface area contributed by atoms with Crippen molar-refractivity contribution in [3.05, 3.63) is 0 Å². The van der Waals surface area contributed by atoms with Crippen molar-refractivity contribution in [2.24, 2.45) is 0 Å². The zero-order valence-electron chi connectivity index (χ0n) is 9.96. The lowest BCUT2D eigenvalue weighted by atomic mass is 10.1. The van der Waals surface area contributed by atoms with Crippen LogP contribution in [0.1, 0.15) is 26.2 Å². The molecule has 2 heterocycles. The van der Waals surface area contributed by atoms with E-state index < -0.39 is 18.2 Å². The number of carboxylic acid groups (broad SMARTS) is 1. The average Bonchev–Trinajstić information content (AvgIpc) is 2.71. The molecule has 2 atom stereocenters. The van der Waals surface area contributed by atoms with Crippen LogP contribution in [0.4, 0.5) is 4.79 Å². The van der Waals surface area contributed by atoms with E-state index in [1.807, 2.05) is 0 Å². The Morgan fingerprint density at radius 1 is 1.53 bits per heavy atom. The Labute approximate surface area is 100 Å². The molecule has 2 aliphatic rings. The predicted molar refractivity (Wildman–Crippen MR) is 59.5 cm³/mol. The Bertz CT molecular complexity index is 321. The summed E-state index contributed by atoms with van der Waals surface area (Å²) in [4.78, 5) is 26.2. The molecule has 1 unspecified atom stereocenters. The number of aliphatic carboxylic acids is 1. The molecule has 2 aliphatic heterocycles. The largest absolute Gasteiger partial charge is 0.478 e. The van der Waals surface area contributed by atoms with Gasteiger partial charge in [0.2, 0.25) is 6.10 Å². The second-order valence-corrected chi connectivity index (χ2v) is 4.47. The highest BCUT2D eigenvalue weighted by atomic mass is 16.6. The molecule has 0 radical (unpaired) electrons. The number of piperidine rings is 1. The lowest BCUT2D eigenvalue weighted by Gasteiger charge is -2.39. The monoisotopic (exact) mass is 242 g/mol. The van der Waals surface area contributed by atoms with E-state index in [-0.39, 0.29) is 12.7 Å². The minimum atomic E-state index is -1.07. The number of hydrogen-bond donors (Lipinski definition) is 1. The van der Waals surface area contributed by atoms with Gasteiger partial charge in [-0.05, 0) is 25.8 Å². The third kappa shape index (κ3) is 2.36.